The third kappa shape index (κ3) is 3.78. The topological polar surface area (TPSA) is 86.3 Å². The largest absolute Gasteiger partial charge is 0.870 e. The van der Waals surface area contributed by atoms with Crippen LogP contribution >= 0.6 is 11.6 Å². The predicted octanol–water partition coefficient (Wildman–Crippen LogP) is 0.567. The van der Waals surface area contributed by atoms with Crippen molar-refractivity contribution in [2.24, 2.45) is 0 Å². The zero-order valence-corrected chi connectivity index (χ0v) is 8.15. The van der Waals surface area contributed by atoms with Gasteiger partial charge in [-0.3, -0.25) is 0 Å². The Morgan fingerprint density at radius 3 is 2.36 bits per heavy atom. The van der Waals surface area contributed by atoms with Gasteiger partial charge in [0.1, 0.15) is 0 Å². The fourth-order valence-electron chi connectivity index (χ4n) is 0.848. The molecule has 1 aromatic carbocycles. The monoisotopic (exact) mass is 214 g/mol. The van der Waals surface area contributed by atoms with Gasteiger partial charge in [-0.2, -0.15) is 0 Å². The predicted molar refractivity (Wildman–Crippen MR) is 52.1 cm³/mol. The van der Waals surface area contributed by atoms with E-state index in [-0.39, 0.29) is 11.0 Å². The molecule has 0 atom stereocenters. The summed E-state index contributed by atoms with van der Waals surface area (Å²) in [5.74, 6) is -0.441. The van der Waals surface area contributed by atoms with Crippen LogP contribution in [0.3, 0.4) is 0 Å². The molecule has 74 valence electrons. The molecule has 1 aromatic rings. The van der Waals surface area contributed by atoms with Crippen molar-refractivity contribution >= 4 is 30.9 Å². The number of hydrogen-bond acceptors (Lipinski definition) is 4. The van der Waals surface area contributed by atoms with Crippen LogP contribution in [0.1, 0.15) is 10.4 Å². The average molecular weight is 214 g/mol. The number of esters is 1. The molecule has 0 bridgehead atoms. The molecule has 1 rings (SSSR count). The average Bonchev–Trinajstić information content (AvgIpc) is 2.01. The maximum absolute atomic E-state index is 11.0. The molecular formula is C8H8BClO4. The molecular weight excluding hydrogens is 206 g/mol. The molecule has 0 aliphatic carbocycles. The number of halogens is 1. The Kier molecular flexibility index (Phi) is 7.08. The van der Waals surface area contributed by atoms with Crippen LogP contribution in [-0.2, 0) is 4.74 Å². The summed E-state index contributed by atoms with van der Waals surface area (Å²) < 4.78 is 4.49. The Labute approximate surface area is 87.9 Å². The van der Waals surface area contributed by atoms with Crippen LogP contribution in [0, 0.1) is 0 Å². The zero-order valence-electron chi connectivity index (χ0n) is 7.40. The number of benzene rings is 1. The van der Waals surface area contributed by atoms with Gasteiger partial charge in [0, 0.05) is 0 Å². The Morgan fingerprint density at radius 1 is 1.36 bits per heavy atom. The maximum Gasteiger partial charge on any atom is -0.870 e. The third-order valence-corrected chi connectivity index (χ3v) is 1.56. The first-order valence-corrected chi connectivity index (χ1v) is 3.65. The normalized spacial score (nSPS) is 8.29. The van der Waals surface area contributed by atoms with Gasteiger partial charge in [-0.05, 0) is 0 Å². The summed E-state index contributed by atoms with van der Waals surface area (Å²) in [5, 5.41) is 0.426. The van der Waals surface area contributed by atoms with Gasteiger partial charge in [-0.25, -0.2) is 0 Å². The van der Waals surface area contributed by atoms with Crippen LogP contribution in [0.5, 0.6) is 0 Å². The first-order chi connectivity index (χ1) is 5.63. The first kappa shape index (κ1) is 15.4. The molecule has 0 saturated heterocycles. The van der Waals surface area contributed by atoms with Crippen LogP contribution in [0.25, 0.3) is 0 Å². The van der Waals surface area contributed by atoms with Crippen LogP contribution in [-0.4, -0.2) is 31.9 Å². The summed E-state index contributed by atoms with van der Waals surface area (Å²) in [6, 6.07) is 4.58. The molecule has 0 fully saturated rings. The van der Waals surface area contributed by atoms with Crippen molar-refractivity contribution < 1.29 is 20.5 Å². The smallest absolute Gasteiger partial charge is 0.870 e. The van der Waals surface area contributed by atoms with Crippen molar-refractivity contribution in [2.45, 2.75) is 0 Å². The number of ether oxygens (including phenoxy) is 1. The fourth-order valence-corrected chi connectivity index (χ4v) is 1.09. The van der Waals surface area contributed by atoms with E-state index in [1.807, 2.05) is 0 Å². The van der Waals surface area contributed by atoms with E-state index in [1.165, 1.54) is 19.2 Å². The van der Waals surface area contributed by atoms with Crippen molar-refractivity contribution in [3.63, 3.8) is 0 Å². The number of carbonyl (C=O) groups excluding carboxylic acids is 1. The van der Waals surface area contributed by atoms with E-state index < -0.39 is 5.97 Å². The van der Waals surface area contributed by atoms with Crippen LogP contribution in [0.2, 0.25) is 5.02 Å². The Hall–Kier alpha value is -1.04. The van der Waals surface area contributed by atoms with Gasteiger partial charge < -0.3 is 11.0 Å². The second-order valence-electron chi connectivity index (χ2n) is 2.26. The van der Waals surface area contributed by atoms with E-state index in [0.29, 0.717) is 16.0 Å². The molecule has 0 spiro atoms. The SMILES string of the molecule is [B+2]c1cc(Cl)cc(C(=O)OC)c1.[OH-].[OH-]. The summed E-state index contributed by atoms with van der Waals surface area (Å²) in [5.41, 5.74) is 0.811. The standard InChI is InChI=1S/C8H6BClO2.2H2O/c1-12-8(11)5-2-6(9)4-7(10)3-5;;/h2-4H,1H3;2*1H2/q+2;;/p-2. The summed E-state index contributed by atoms with van der Waals surface area (Å²) in [6.45, 7) is 0. The number of methoxy groups -OCH3 is 1. The van der Waals surface area contributed by atoms with E-state index in [1.54, 1.807) is 6.07 Å². The minimum absolute atomic E-state index is 0. The molecule has 0 heterocycles. The zero-order chi connectivity index (χ0) is 9.14. The Balaban J connectivity index is 0. The van der Waals surface area contributed by atoms with E-state index in [2.05, 4.69) is 4.74 Å². The summed E-state index contributed by atoms with van der Waals surface area (Å²) in [7, 11) is 6.76. The number of rotatable bonds is 1. The molecule has 0 aliphatic rings. The molecule has 2 N–H and O–H groups in total. The second kappa shape index (κ2) is 6.42. The van der Waals surface area contributed by atoms with E-state index in [9.17, 15) is 4.79 Å². The third-order valence-electron chi connectivity index (χ3n) is 1.34. The van der Waals surface area contributed by atoms with Gasteiger partial charge in [0.25, 0.3) is 0 Å². The van der Waals surface area contributed by atoms with E-state index >= 15 is 0 Å². The van der Waals surface area contributed by atoms with Crippen molar-refractivity contribution in [2.75, 3.05) is 7.11 Å². The van der Waals surface area contributed by atoms with Crippen molar-refractivity contribution in [3.05, 3.63) is 28.8 Å². The Morgan fingerprint density at radius 2 is 1.93 bits per heavy atom. The van der Waals surface area contributed by atoms with Crippen LogP contribution in [0.15, 0.2) is 18.2 Å². The number of carbonyl (C=O) groups is 1. The minimum Gasteiger partial charge on any atom is -0.870 e. The molecule has 0 saturated carbocycles. The molecule has 14 heavy (non-hydrogen) atoms. The molecule has 0 radical (unpaired) electrons. The molecule has 0 aromatic heterocycles. The summed E-state index contributed by atoms with van der Waals surface area (Å²) in [4.78, 5) is 11.0. The molecule has 4 nitrogen and oxygen atoms in total. The van der Waals surface area contributed by atoms with Crippen LogP contribution in [0.4, 0.5) is 0 Å². The minimum atomic E-state index is -0.441. The van der Waals surface area contributed by atoms with Crippen molar-refractivity contribution in [1.29, 1.82) is 0 Å². The van der Waals surface area contributed by atoms with Gasteiger partial charge in [0.15, 0.2) is 0 Å². The van der Waals surface area contributed by atoms with E-state index in [0.717, 1.165) is 0 Å². The summed E-state index contributed by atoms with van der Waals surface area (Å²) in [6.07, 6.45) is 0. The van der Waals surface area contributed by atoms with Gasteiger partial charge in [-0.15, -0.1) is 0 Å². The second-order valence-corrected chi connectivity index (χ2v) is 2.70. The quantitative estimate of drug-likeness (QED) is 0.505. The summed E-state index contributed by atoms with van der Waals surface area (Å²) >= 11 is 5.66. The Bertz CT molecular complexity index is 296. The van der Waals surface area contributed by atoms with Gasteiger partial charge in [0.05, 0.1) is 0 Å². The molecule has 0 amide bonds. The maximum atomic E-state index is 11.0. The first-order valence-electron chi connectivity index (χ1n) is 3.28. The van der Waals surface area contributed by atoms with Crippen LogP contribution < -0.4 is 5.46 Å². The van der Waals surface area contributed by atoms with Gasteiger partial charge in [-0.1, -0.05) is 0 Å². The molecule has 0 aliphatic heterocycles. The van der Waals surface area contributed by atoms with E-state index in [4.69, 9.17) is 19.4 Å². The number of hydrogen-bond donors (Lipinski definition) is 0. The van der Waals surface area contributed by atoms with Crippen molar-refractivity contribution in [3.8, 4) is 0 Å². The van der Waals surface area contributed by atoms with Gasteiger partial charge in [0.2, 0.25) is 0 Å². The van der Waals surface area contributed by atoms with Crippen molar-refractivity contribution in [1.82, 2.24) is 0 Å². The fraction of sp³-hybridized carbons (Fsp3) is 0.125. The molecule has 6 heteroatoms. The van der Waals surface area contributed by atoms with Gasteiger partial charge >= 0.3 is 76.3 Å². The molecule has 0 unspecified atom stereocenters.